The molecule has 0 fully saturated rings. The molecule has 0 aliphatic carbocycles. The Bertz CT molecular complexity index is 209. The van der Waals surface area contributed by atoms with E-state index in [2.05, 4.69) is 5.32 Å². The molecule has 18 heavy (non-hydrogen) atoms. The summed E-state index contributed by atoms with van der Waals surface area (Å²) in [7, 11) is 0. The van der Waals surface area contributed by atoms with E-state index in [0.717, 1.165) is 6.42 Å². The molecule has 1 atom stereocenters. The summed E-state index contributed by atoms with van der Waals surface area (Å²) in [5.74, 6) is 0. The van der Waals surface area contributed by atoms with Crippen molar-refractivity contribution < 1.29 is 13.9 Å². The van der Waals surface area contributed by atoms with Crippen molar-refractivity contribution in [2.45, 2.75) is 65.3 Å². The minimum absolute atomic E-state index is 0.0507. The van der Waals surface area contributed by atoms with E-state index in [4.69, 9.17) is 9.47 Å². The molecule has 0 saturated carbocycles. The van der Waals surface area contributed by atoms with Crippen LogP contribution in [0.4, 0.5) is 4.39 Å². The van der Waals surface area contributed by atoms with Crippen LogP contribution < -0.4 is 5.32 Å². The molecule has 0 spiro atoms. The van der Waals surface area contributed by atoms with Gasteiger partial charge in [0, 0.05) is 25.3 Å². The molecule has 0 rings (SSSR count). The van der Waals surface area contributed by atoms with Gasteiger partial charge in [0.15, 0.2) is 0 Å². The maximum atomic E-state index is 13.4. The Kier molecular flexibility index (Phi) is 7.99. The first-order chi connectivity index (χ1) is 8.10. The highest BCUT2D eigenvalue weighted by Crippen LogP contribution is 2.07. The molecule has 0 aliphatic heterocycles. The van der Waals surface area contributed by atoms with Crippen LogP contribution in [0.3, 0.4) is 0 Å². The molecule has 0 aromatic heterocycles. The lowest BCUT2D eigenvalue weighted by Crippen LogP contribution is -2.40. The first kappa shape index (κ1) is 17.8. The zero-order valence-corrected chi connectivity index (χ0v) is 12.8. The smallest absolute Gasteiger partial charge is 0.136 e. The molecule has 3 nitrogen and oxygen atoms in total. The average molecular weight is 263 g/mol. The van der Waals surface area contributed by atoms with E-state index >= 15 is 0 Å². The summed E-state index contributed by atoms with van der Waals surface area (Å²) >= 11 is 0. The van der Waals surface area contributed by atoms with Crippen molar-refractivity contribution in [1.82, 2.24) is 5.32 Å². The Hall–Kier alpha value is -0.190. The number of alkyl halides is 1. The number of nitrogens with one attached hydrogen (secondary N) is 1. The molecule has 0 aromatic carbocycles. The number of halogens is 1. The van der Waals surface area contributed by atoms with E-state index in [1.54, 1.807) is 0 Å². The van der Waals surface area contributed by atoms with Crippen LogP contribution in [0.25, 0.3) is 0 Å². The fraction of sp³-hybridized carbons (Fsp3) is 1.00. The van der Waals surface area contributed by atoms with Crippen LogP contribution in [0.2, 0.25) is 0 Å². The quantitative estimate of drug-likeness (QED) is 0.683. The standard InChI is InChI=1S/C14H30FNO2/c1-13(2,3)16-10-12(15)11-17-8-7-9-18-14(4,5)6/h12,16H,7-11H2,1-6H3. The number of hydrogen-bond donors (Lipinski definition) is 1. The van der Waals surface area contributed by atoms with Crippen LogP contribution in [0.15, 0.2) is 0 Å². The second-order valence-corrected chi connectivity index (χ2v) is 6.62. The molecule has 0 aliphatic rings. The fourth-order valence-electron chi connectivity index (χ4n) is 1.23. The topological polar surface area (TPSA) is 30.5 Å². The maximum Gasteiger partial charge on any atom is 0.136 e. The predicted octanol–water partition coefficient (Wildman–Crippen LogP) is 2.93. The van der Waals surface area contributed by atoms with Crippen LogP contribution in [0, 0.1) is 0 Å². The highest BCUT2D eigenvalue weighted by atomic mass is 19.1. The molecule has 4 heteroatoms. The molecular weight excluding hydrogens is 233 g/mol. The molecule has 1 unspecified atom stereocenters. The number of rotatable bonds is 8. The number of hydrogen-bond acceptors (Lipinski definition) is 3. The van der Waals surface area contributed by atoms with Crippen molar-refractivity contribution >= 4 is 0 Å². The molecule has 0 amide bonds. The molecule has 0 saturated heterocycles. The van der Waals surface area contributed by atoms with Gasteiger partial charge in [0.05, 0.1) is 12.2 Å². The van der Waals surface area contributed by atoms with Gasteiger partial charge in [0.2, 0.25) is 0 Å². The Balaban J connectivity index is 3.38. The summed E-state index contributed by atoms with van der Waals surface area (Å²) in [4.78, 5) is 0. The van der Waals surface area contributed by atoms with Crippen molar-refractivity contribution in [2.24, 2.45) is 0 Å². The van der Waals surface area contributed by atoms with Gasteiger partial charge < -0.3 is 14.8 Å². The van der Waals surface area contributed by atoms with Crippen molar-refractivity contribution in [3.8, 4) is 0 Å². The van der Waals surface area contributed by atoms with Gasteiger partial charge in [-0.2, -0.15) is 0 Å². The molecule has 0 aromatic rings. The summed E-state index contributed by atoms with van der Waals surface area (Å²) in [6.45, 7) is 13.8. The number of ether oxygens (including phenoxy) is 2. The van der Waals surface area contributed by atoms with Crippen molar-refractivity contribution in [2.75, 3.05) is 26.4 Å². The van der Waals surface area contributed by atoms with E-state index in [-0.39, 0.29) is 17.7 Å². The van der Waals surface area contributed by atoms with Gasteiger partial charge in [-0.1, -0.05) is 0 Å². The Morgan fingerprint density at radius 1 is 1.06 bits per heavy atom. The van der Waals surface area contributed by atoms with E-state index in [1.807, 2.05) is 41.5 Å². The van der Waals surface area contributed by atoms with Gasteiger partial charge in [-0.15, -0.1) is 0 Å². The highest BCUT2D eigenvalue weighted by Gasteiger charge is 2.13. The summed E-state index contributed by atoms with van der Waals surface area (Å²) in [6.07, 6.45) is -0.149. The molecular formula is C14H30FNO2. The zero-order chi connectivity index (χ0) is 14.2. The molecule has 0 radical (unpaired) electrons. The van der Waals surface area contributed by atoms with Gasteiger partial charge in [-0.05, 0) is 48.0 Å². The van der Waals surface area contributed by atoms with Crippen molar-refractivity contribution in [3.05, 3.63) is 0 Å². The van der Waals surface area contributed by atoms with E-state index < -0.39 is 6.17 Å². The third-order valence-electron chi connectivity index (χ3n) is 2.12. The van der Waals surface area contributed by atoms with Crippen LogP contribution in [-0.4, -0.2) is 43.7 Å². The average Bonchev–Trinajstić information content (AvgIpc) is 2.17. The third-order valence-corrected chi connectivity index (χ3v) is 2.12. The first-order valence-electron chi connectivity index (χ1n) is 6.71. The Morgan fingerprint density at radius 3 is 2.17 bits per heavy atom. The molecule has 110 valence electrons. The summed E-state index contributed by atoms with van der Waals surface area (Å²) < 4.78 is 24.2. The van der Waals surface area contributed by atoms with E-state index in [9.17, 15) is 4.39 Å². The SMILES string of the molecule is CC(C)(C)NCC(F)COCCCOC(C)(C)C. The van der Waals surface area contributed by atoms with Crippen molar-refractivity contribution in [1.29, 1.82) is 0 Å². The summed E-state index contributed by atoms with van der Waals surface area (Å²) in [5, 5.41) is 3.11. The van der Waals surface area contributed by atoms with Gasteiger partial charge in [-0.3, -0.25) is 0 Å². The summed E-state index contributed by atoms with van der Waals surface area (Å²) in [6, 6.07) is 0. The Morgan fingerprint density at radius 2 is 1.67 bits per heavy atom. The lowest BCUT2D eigenvalue weighted by Gasteiger charge is -2.22. The molecule has 0 bridgehead atoms. The van der Waals surface area contributed by atoms with Crippen LogP contribution >= 0.6 is 0 Å². The third kappa shape index (κ3) is 13.9. The van der Waals surface area contributed by atoms with Crippen LogP contribution in [-0.2, 0) is 9.47 Å². The largest absolute Gasteiger partial charge is 0.378 e. The van der Waals surface area contributed by atoms with Gasteiger partial charge in [-0.25, -0.2) is 4.39 Å². The minimum Gasteiger partial charge on any atom is -0.378 e. The normalized spacial score (nSPS) is 14.8. The predicted molar refractivity (Wildman–Crippen MR) is 73.8 cm³/mol. The van der Waals surface area contributed by atoms with Crippen LogP contribution in [0.1, 0.15) is 48.0 Å². The minimum atomic E-state index is -0.951. The molecule has 0 heterocycles. The van der Waals surface area contributed by atoms with Crippen molar-refractivity contribution in [3.63, 3.8) is 0 Å². The van der Waals surface area contributed by atoms with E-state index in [1.165, 1.54) is 0 Å². The van der Waals surface area contributed by atoms with Gasteiger partial charge >= 0.3 is 0 Å². The maximum absolute atomic E-state index is 13.4. The zero-order valence-electron chi connectivity index (χ0n) is 12.8. The first-order valence-corrected chi connectivity index (χ1v) is 6.71. The van der Waals surface area contributed by atoms with E-state index in [0.29, 0.717) is 19.8 Å². The fourth-order valence-corrected chi connectivity index (χ4v) is 1.23. The lowest BCUT2D eigenvalue weighted by molar-refractivity contribution is -0.0170. The second-order valence-electron chi connectivity index (χ2n) is 6.62. The lowest BCUT2D eigenvalue weighted by atomic mass is 10.1. The molecule has 1 N–H and O–H groups in total. The van der Waals surface area contributed by atoms with Gasteiger partial charge in [0.25, 0.3) is 0 Å². The summed E-state index contributed by atoms with van der Waals surface area (Å²) in [5.41, 5.74) is -0.163. The van der Waals surface area contributed by atoms with Gasteiger partial charge in [0.1, 0.15) is 6.17 Å². The second kappa shape index (κ2) is 8.08. The Labute approximate surface area is 111 Å². The van der Waals surface area contributed by atoms with Crippen LogP contribution in [0.5, 0.6) is 0 Å². The highest BCUT2D eigenvalue weighted by molar-refractivity contribution is 4.72. The monoisotopic (exact) mass is 263 g/mol.